The number of nitrogens with two attached hydrogens (primary N) is 1. The van der Waals surface area contributed by atoms with Crippen LogP contribution < -0.4 is 20.1 Å². The lowest BCUT2D eigenvalue weighted by Crippen LogP contribution is -2.38. The lowest BCUT2D eigenvalue weighted by Gasteiger charge is -2.39. The van der Waals surface area contributed by atoms with E-state index in [1.54, 1.807) is 0 Å². The van der Waals surface area contributed by atoms with Crippen molar-refractivity contribution in [3.05, 3.63) is 75.2 Å². The van der Waals surface area contributed by atoms with Crippen molar-refractivity contribution in [1.82, 2.24) is 0 Å². The van der Waals surface area contributed by atoms with E-state index in [2.05, 4.69) is 6.07 Å². The van der Waals surface area contributed by atoms with Crippen LogP contribution in [0.2, 0.25) is 5.02 Å². The Kier molecular flexibility index (Phi) is 4.64. The Bertz CT molecular complexity index is 1230. The zero-order valence-corrected chi connectivity index (χ0v) is 17.7. The quantitative estimate of drug-likeness (QED) is 0.739. The number of halogens is 1. The van der Waals surface area contributed by atoms with E-state index in [4.69, 9.17) is 26.8 Å². The second-order valence-corrected chi connectivity index (χ2v) is 8.27. The molecular formula is C24H20ClN3O3. The summed E-state index contributed by atoms with van der Waals surface area (Å²) in [6, 6.07) is 13.4. The molecule has 0 amide bonds. The van der Waals surface area contributed by atoms with Gasteiger partial charge in [-0.15, -0.1) is 0 Å². The molecule has 0 bridgehead atoms. The number of hydrogen-bond acceptors (Lipinski definition) is 6. The number of ether oxygens (including phenoxy) is 2. The maximum absolute atomic E-state index is 13.2. The summed E-state index contributed by atoms with van der Waals surface area (Å²) in [6.45, 7) is 2.08. The van der Waals surface area contributed by atoms with E-state index in [0.717, 1.165) is 28.9 Å². The Morgan fingerprint density at radius 1 is 1.16 bits per heavy atom. The topological polar surface area (TPSA) is 88.6 Å². The third kappa shape index (κ3) is 3.05. The molecule has 1 atom stereocenters. The van der Waals surface area contributed by atoms with Crippen LogP contribution in [0.15, 0.2) is 59.1 Å². The van der Waals surface area contributed by atoms with Crippen LogP contribution >= 0.6 is 11.6 Å². The summed E-state index contributed by atoms with van der Waals surface area (Å²) in [5.41, 5.74) is 10.8. The molecule has 2 aliphatic heterocycles. The van der Waals surface area contributed by atoms with Crippen molar-refractivity contribution in [2.45, 2.75) is 32.1 Å². The fourth-order valence-corrected chi connectivity index (χ4v) is 4.70. The molecule has 0 radical (unpaired) electrons. The third-order valence-corrected chi connectivity index (χ3v) is 6.46. The van der Waals surface area contributed by atoms with Crippen LogP contribution in [-0.4, -0.2) is 12.6 Å². The number of benzene rings is 2. The van der Waals surface area contributed by atoms with Crippen molar-refractivity contribution in [2.24, 2.45) is 5.73 Å². The zero-order chi connectivity index (χ0) is 21.7. The number of ketones is 1. The van der Waals surface area contributed by atoms with Gasteiger partial charge in [0.15, 0.2) is 17.3 Å². The Morgan fingerprint density at radius 3 is 2.74 bits per heavy atom. The van der Waals surface area contributed by atoms with Crippen LogP contribution in [0.1, 0.15) is 36.3 Å². The molecule has 6 nitrogen and oxygen atoms in total. The average Bonchev–Trinajstić information content (AvgIpc) is 3.23. The van der Waals surface area contributed by atoms with Gasteiger partial charge in [0.05, 0.1) is 17.6 Å². The summed E-state index contributed by atoms with van der Waals surface area (Å²) in [5.74, 6) is 1.06. The van der Waals surface area contributed by atoms with Crippen LogP contribution in [0.25, 0.3) is 0 Å². The molecule has 2 aromatic rings. The molecule has 0 aromatic heterocycles. The van der Waals surface area contributed by atoms with E-state index in [9.17, 15) is 10.1 Å². The Hall–Kier alpha value is -3.43. The molecule has 2 N–H and O–H groups in total. The first kappa shape index (κ1) is 19.5. The maximum atomic E-state index is 13.2. The first-order valence-electron chi connectivity index (χ1n) is 10.1. The highest BCUT2D eigenvalue weighted by atomic mass is 35.5. The molecule has 0 spiro atoms. The predicted octanol–water partition coefficient (Wildman–Crippen LogP) is 4.68. The number of carbonyl (C=O) groups is 1. The van der Waals surface area contributed by atoms with Gasteiger partial charge in [-0.2, -0.15) is 5.26 Å². The molecule has 1 aliphatic carbocycles. The number of anilines is 1. The molecule has 0 saturated heterocycles. The molecule has 3 aliphatic rings. The minimum atomic E-state index is -0.542. The number of Topliss-reactive ketones (excluding diaryl/α,β-unsaturated/α-hetero) is 1. The monoisotopic (exact) mass is 433 g/mol. The first-order valence-corrected chi connectivity index (χ1v) is 10.5. The van der Waals surface area contributed by atoms with Crippen molar-refractivity contribution in [1.29, 1.82) is 5.26 Å². The first-order chi connectivity index (χ1) is 15.0. The normalized spacial score (nSPS) is 20.1. The van der Waals surface area contributed by atoms with Crippen LogP contribution in [0, 0.1) is 18.3 Å². The molecule has 0 fully saturated rings. The molecule has 5 rings (SSSR count). The van der Waals surface area contributed by atoms with Gasteiger partial charge in [-0.25, -0.2) is 0 Å². The number of rotatable bonds is 2. The summed E-state index contributed by atoms with van der Waals surface area (Å²) in [6.07, 6.45) is 1.87. The van der Waals surface area contributed by atoms with Crippen molar-refractivity contribution < 1.29 is 14.3 Å². The van der Waals surface area contributed by atoms with Gasteiger partial charge in [-0.05, 0) is 55.2 Å². The molecule has 156 valence electrons. The Balaban J connectivity index is 1.72. The zero-order valence-electron chi connectivity index (χ0n) is 16.9. The van der Waals surface area contributed by atoms with Gasteiger partial charge in [0.2, 0.25) is 6.79 Å². The van der Waals surface area contributed by atoms with E-state index in [-0.39, 0.29) is 12.6 Å². The van der Waals surface area contributed by atoms with Gasteiger partial charge in [0, 0.05) is 28.4 Å². The summed E-state index contributed by atoms with van der Waals surface area (Å²) >= 11 is 6.38. The molecule has 7 heteroatoms. The minimum Gasteiger partial charge on any atom is -0.454 e. The van der Waals surface area contributed by atoms with Gasteiger partial charge in [0.25, 0.3) is 0 Å². The molecule has 2 aromatic carbocycles. The second-order valence-electron chi connectivity index (χ2n) is 7.86. The van der Waals surface area contributed by atoms with Gasteiger partial charge in [-0.1, -0.05) is 23.7 Å². The highest BCUT2D eigenvalue weighted by Gasteiger charge is 2.40. The molecular weight excluding hydrogens is 414 g/mol. The number of allylic oxidation sites excluding steroid dienone is 3. The summed E-state index contributed by atoms with van der Waals surface area (Å²) in [5, 5.41) is 10.7. The van der Waals surface area contributed by atoms with Crippen molar-refractivity contribution in [2.75, 3.05) is 11.7 Å². The van der Waals surface area contributed by atoms with Gasteiger partial charge >= 0.3 is 0 Å². The highest BCUT2D eigenvalue weighted by Crippen LogP contribution is 2.48. The van der Waals surface area contributed by atoms with Crippen LogP contribution in [-0.2, 0) is 4.79 Å². The fourth-order valence-electron chi connectivity index (χ4n) is 4.53. The highest BCUT2D eigenvalue weighted by molar-refractivity contribution is 6.31. The van der Waals surface area contributed by atoms with Crippen LogP contribution in [0.4, 0.5) is 5.69 Å². The Labute approximate surface area is 185 Å². The van der Waals surface area contributed by atoms with E-state index in [1.807, 2.05) is 48.2 Å². The number of carbonyl (C=O) groups excluding carboxylic acids is 1. The smallest absolute Gasteiger partial charge is 0.231 e. The molecule has 31 heavy (non-hydrogen) atoms. The van der Waals surface area contributed by atoms with Gasteiger partial charge < -0.3 is 15.2 Å². The van der Waals surface area contributed by atoms with Crippen molar-refractivity contribution in [3.63, 3.8) is 0 Å². The molecule has 0 unspecified atom stereocenters. The van der Waals surface area contributed by atoms with Crippen LogP contribution in [0.5, 0.6) is 11.5 Å². The fraction of sp³-hybridized carbons (Fsp3) is 0.250. The average molecular weight is 434 g/mol. The standard InChI is InChI=1S/C24H20ClN3O3/c1-13-5-7-15(10-17(13)25)28-18-3-2-4-19(29)23(18)22(16(11-26)24(28)27)14-6-8-20-21(9-14)31-12-30-20/h5-10,22H,2-4,12,27H2,1H3/t22-/m0/s1. The van der Waals surface area contributed by atoms with E-state index < -0.39 is 5.92 Å². The Morgan fingerprint density at radius 2 is 1.97 bits per heavy atom. The molecule has 2 heterocycles. The van der Waals surface area contributed by atoms with E-state index >= 15 is 0 Å². The van der Waals surface area contributed by atoms with Crippen molar-refractivity contribution >= 4 is 23.1 Å². The second kappa shape index (κ2) is 7.36. The largest absolute Gasteiger partial charge is 0.454 e. The van der Waals surface area contributed by atoms with E-state index in [0.29, 0.717) is 46.3 Å². The number of aryl methyl sites for hydroxylation is 1. The lowest BCUT2D eigenvalue weighted by molar-refractivity contribution is -0.116. The van der Waals surface area contributed by atoms with Crippen molar-refractivity contribution in [3.8, 4) is 17.6 Å². The number of hydrogen-bond donors (Lipinski definition) is 1. The third-order valence-electron chi connectivity index (χ3n) is 6.06. The number of nitrogens with zero attached hydrogens (tertiary/aromatic N) is 2. The summed E-state index contributed by atoms with van der Waals surface area (Å²) < 4.78 is 10.9. The van der Waals surface area contributed by atoms with E-state index in [1.165, 1.54) is 0 Å². The predicted molar refractivity (Wildman–Crippen MR) is 117 cm³/mol. The number of nitriles is 1. The summed E-state index contributed by atoms with van der Waals surface area (Å²) in [7, 11) is 0. The van der Waals surface area contributed by atoms with Gasteiger partial charge in [-0.3, -0.25) is 9.69 Å². The number of fused-ring (bicyclic) bond motifs is 1. The minimum absolute atomic E-state index is 0.0346. The van der Waals surface area contributed by atoms with Gasteiger partial charge in [0.1, 0.15) is 5.82 Å². The summed E-state index contributed by atoms with van der Waals surface area (Å²) in [4.78, 5) is 15.0. The SMILES string of the molecule is Cc1ccc(N2C(N)=C(C#N)[C@H](c3ccc4c(c3)OCO4)C3=C2CCCC3=O)cc1Cl. The maximum Gasteiger partial charge on any atom is 0.231 e. The molecule has 0 saturated carbocycles. The van der Waals surface area contributed by atoms with Crippen LogP contribution in [0.3, 0.4) is 0 Å². The lowest BCUT2D eigenvalue weighted by atomic mass is 9.75.